The molecular weight excluding hydrogens is 241 g/mol. The van der Waals surface area contributed by atoms with Crippen molar-refractivity contribution in [3.05, 3.63) is 30.1 Å². The van der Waals surface area contributed by atoms with Gasteiger partial charge in [0, 0.05) is 6.07 Å². The topological polar surface area (TPSA) is 75.6 Å². The summed E-state index contributed by atoms with van der Waals surface area (Å²) in [6.45, 7) is 1.29. The smallest absolute Gasteiger partial charge is 0.326 e. The molecule has 1 aromatic rings. The van der Waals surface area contributed by atoms with Crippen LogP contribution < -0.4 is 10.1 Å². The van der Waals surface area contributed by atoms with Gasteiger partial charge in [0.1, 0.15) is 17.6 Å². The second kappa shape index (κ2) is 6.58. The highest BCUT2D eigenvalue weighted by molar-refractivity contribution is 5.84. The van der Waals surface area contributed by atoms with E-state index in [1.165, 1.54) is 18.2 Å². The summed E-state index contributed by atoms with van der Waals surface area (Å²) < 4.78 is 17.8. The molecule has 0 saturated heterocycles. The van der Waals surface area contributed by atoms with Crippen LogP contribution in [0.2, 0.25) is 0 Å². The summed E-state index contributed by atoms with van der Waals surface area (Å²) in [4.78, 5) is 22.1. The summed E-state index contributed by atoms with van der Waals surface area (Å²) in [5.74, 6) is -1.91. The van der Waals surface area contributed by atoms with Crippen LogP contribution in [0.25, 0.3) is 0 Å². The molecule has 5 nitrogen and oxygen atoms in total. The third-order valence-electron chi connectivity index (χ3n) is 2.21. The number of benzene rings is 1. The summed E-state index contributed by atoms with van der Waals surface area (Å²) in [5, 5.41) is 11.0. The zero-order valence-corrected chi connectivity index (χ0v) is 9.85. The summed E-state index contributed by atoms with van der Waals surface area (Å²) in [7, 11) is 0. The van der Waals surface area contributed by atoms with E-state index >= 15 is 0 Å². The molecule has 1 atom stereocenters. The van der Waals surface area contributed by atoms with Crippen molar-refractivity contribution < 1.29 is 23.8 Å². The van der Waals surface area contributed by atoms with Crippen molar-refractivity contribution in [3.8, 4) is 5.75 Å². The Morgan fingerprint density at radius 2 is 2.22 bits per heavy atom. The van der Waals surface area contributed by atoms with E-state index in [2.05, 4.69) is 5.32 Å². The first-order valence-electron chi connectivity index (χ1n) is 5.43. The van der Waals surface area contributed by atoms with E-state index in [0.717, 1.165) is 6.07 Å². The lowest BCUT2D eigenvalue weighted by Gasteiger charge is -2.12. The number of hydrogen-bond donors (Lipinski definition) is 2. The maximum absolute atomic E-state index is 12.8. The summed E-state index contributed by atoms with van der Waals surface area (Å²) in [6.07, 6.45) is 0.279. The van der Waals surface area contributed by atoms with Gasteiger partial charge in [0.25, 0.3) is 5.91 Å². The molecule has 6 heteroatoms. The van der Waals surface area contributed by atoms with Gasteiger partial charge >= 0.3 is 5.97 Å². The predicted molar refractivity (Wildman–Crippen MR) is 61.8 cm³/mol. The third-order valence-corrected chi connectivity index (χ3v) is 2.21. The fraction of sp³-hybridized carbons (Fsp3) is 0.333. The zero-order chi connectivity index (χ0) is 13.5. The number of aliphatic carboxylic acids is 1. The molecule has 0 saturated carbocycles. The predicted octanol–water partition coefficient (Wildman–Crippen LogP) is 1.18. The first kappa shape index (κ1) is 14.0. The quantitative estimate of drug-likeness (QED) is 0.800. The van der Waals surface area contributed by atoms with Crippen molar-refractivity contribution in [2.75, 3.05) is 6.61 Å². The number of halogens is 1. The van der Waals surface area contributed by atoms with Crippen LogP contribution >= 0.6 is 0 Å². The summed E-state index contributed by atoms with van der Waals surface area (Å²) >= 11 is 0. The summed E-state index contributed by atoms with van der Waals surface area (Å²) in [6, 6.07) is 4.42. The second-order valence-corrected chi connectivity index (χ2v) is 3.61. The molecule has 2 N–H and O–H groups in total. The Morgan fingerprint density at radius 1 is 1.50 bits per heavy atom. The molecule has 0 aromatic heterocycles. The molecule has 98 valence electrons. The molecule has 0 spiro atoms. The van der Waals surface area contributed by atoms with Gasteiger partial charge in [0.2, 0.25) is 0 Å². The number of amides is 1. The molecule has 1 rings (SSSR count). The fourth-order valence-electron chi connectivity index (χ4n) is 1.28. The molecule has 0 radical (unpaired) electrons. The van der Waals surface area contributed by atoms with Crippen LogP contribution in [0.1, 0.15) is 13.3 Å². The van der Waals surface area contributed by atoms with Crippen LogP contribution in [0.15, 0.2) is 24.3 Å². The lowest BCUT2D eigenvalue weighted by molar-refractivity contribution is -0.142. The maximum atomic E-state index is 12.8. The standard InChI is InChI=1S/C12H14FNO4/c1-2-10(12(16)17)14-11(15)7-18-9-5-3-4-8(13)6-9/h3-6,10H,2,7H2,1H3,(H,14,15)(H,16,17). The number of carboxylic acid groups (broad SMARTS) is 1. The second-order valence-electron chi connectivity index (χ2n) is 3.61. The first-order chi connectivity index (χ1) is 8.52. The van der Waals surface area contributed by atoms with E-state index in [9.17, 15) is 14.0 Å². The van der Waals surface area contributed by atoms with Crippen LogP contribution in [-0.2, 0) is 9.59 Å². The normalized spacial score (nSPS) is 11.7. The Balaban J connectivity index is 2.44. The number of rotatable bonds is 6. The number of carboxylic acids is 1. The van der Waals surface area contributed by atoms with Gasteiger partial charge in [-0.2, -0.15) is 0 Å². The first-order valence-corrected chi connectivity index (χ1v) is 5.43. The number of ether oxygens (including phenoxy) is 1. The molecule has 0 aliphatic heterocycles. The van der Waals surface area contributed by atoms with Gasteiger partial charge in [-0.25, -0.2) is 9.18 Å². The number of carbonyl (C=O) groups excluding carboxylic acids is 1. The molecule has 1 unspecified atom stereocenters. The lowest BCUT2D eigenvalue weighted by Crippen LogP contribution is -2.42. The van der Waals surface area contributed by atoms with Crippen LogP contribution in [0.4, 0.5) is 4.39 Å². The lowest BCUT2D eigenvalue weighted by atomic mass is 10.2. The maximum Gasteiger partial charge on any atom is 0.326 e. The largest absolute Gasteiger partial charge is 0.484 e. The highest BCUT2D eigenvalue weighted by Crippen LogP contribution is 2.11. The minimum Gasteiger partial charge on any atom is -0.484 e. The minimum absolute atomic E-state index is 0.216. The van der Waals surface area contributed by atoms with E-state index < -0.39 is 23.7 Å². The molecule has 1 amide bonds. The van der Waals surface area contributed by atoms with Gasteiger partial charge in [0.15, 0.2) is 6.61 Å². The Bertz CT molecular complexity index is 436. The van der Waals surface area contributed by atoms with Crippen LogP contribution in [0.3, 0.4) is 0 Å². The zero-order valence-electron chi connectivity index (χ0n) is 9.85. The van der Waals surface area contributed by atoms with E-state index in [-0.39, 0.29) is 18.8 Å². The van der Waals surface area contributed by atoms with E-state index in [1.54, 1.807) is 6.92 Å². The van der Waals surface area contributed by atoms with Gasteiger partial charge in [-0.15, -0.1) is 0 Å². The van der Waals surface area contributed by atoms with Gasteiger partial charge in [0.05, 0.1) is 0 Å². The molecule has 18 heavy (non-hydrogen) atoms. The SMILES string of the molecule is CCC(NC(=O)COc1cccc(F)c1)C(=O)O. The molecule has 0 aliphatic carbocycles. The van der Waals surface area contributed by atoms with Crippen LogP contribution in [0, 0.1) is 5.82 Å². The summed E-state index contributed by atoms with van der Waals surface area (Å²) in [5.41, 5.74) is 0. The molecular formula is C12H14FNO4. The highest BCUT2D eigenvalue weighted by atomic mass is 19.1. The van der Waals surface area contributed by atoms with Crippen molar-refractivity contribution in [1.29, 1.82) is 0 Å². The molecule has 1 aromatic carbocycles. The molecule has 0 aliphatic rings. The Labute approximate surface area is 104 Å². The Hall–Kier alpha value is -2.11. The minimum atomic E-state index is -1.10. The third kappa shape index (κ3) is 4.40. The van der Waals surface area contributed by atoms with Crippen molar-refractivity contribution in [3.63, 3.8) is 0 Å². The molecule has 0 bridgehead atoms. The Kier molecular flexibility index (Phi) is 5.10. The molecule has 0 heterocycles. The average molecular weight is 255 g/mol. The fourth-order valence-corrected chi connectivity index (χ4v) is 1.28. The van der Waals surface area contributed by atoms with Crippen LogP contribution in [-0.4, -0.2) is 29.6 Å². The highest BCUT2D eigenvalue weighted by Gasteiger charge is 2.17. The number of hydrogen-bond acceptors (Lipinski definition) is 3. The molecule has 0 fully saturated rings. The van der Waals surface area contributed by atoms with Gasteiger partial charge < -0.3 is 15.2 Å². The average Bonchev–Trinajstić information content (AvgIpc) is 2.33. The van der Waals surface area contributed by atoms with Crippen molar-refractivity contribution in [2.45, 2.75) is 19.4 Å². The van der Waals surface area contributed by atoms with Gasteiger partial charge in [-0.1, -0.05) is 13.0 Å². The van der Waals surface area contributed by atoms with Gasteiger partial charge in [-0.05, 0) is 18.6 Å². The Morgan fingerprint density at radius 3 is 2.78 bits per heavy atom. The van der Waals surface area contributed by atoms with Crippen LogP contribution in [0.5, 0.6) is 5.75 Å². The van der Waals surface area contributed by atoms with E-state index in [1.807, 2.05) is 0 Å². The number of nitrogens with one attached hydrogen (secondary N) is 1. The van der Waals surface area contributed by atoms with Gasteiger partial charge in [-0.3, -0.25) is 4.79 Å². The monoisotopic (exact) mass is 255 g/mol. The number of carbonyl (C=O) groups is 2. The van der Waals surface area contributed by atoms with Crippen molar-refractivity contribution >= 4 is 11.9 Å². The van der Waals surface area contributed by atoms with E-state index in [0.29, 0.717) is 0 Å². The van der Waals surface area contributed by atoms with Crippen molar-refractivity contribution in [1.82, 2.24) is 5.32 Å². The van der Waals surface area contributed by atoms with E-state index in [4.69, 9.17) is 9.84 Å². The van der Waals surface area contributed by atoms with Crippen molar-refractivity contribution in [2.24, 2.45) is 0 Å².